The van der Waals surface area contributed by atoms with Crippen LogP contribution in [0.3, 0.4) is 0 Å². The first kappa shape index (κ1) is 13.3. The molecular formula is C14H19NO2S. The van der Waals surface area contributed by atoms with Crippen LogP contribution in [0.2, 0.25) is 0 Å². The molecule has 1 saturated heterocycles. The third-order valence-electron chi connectivity index (χ3n) is 3.22. The van der Waals surface area contributed by atoms with Crippen molar-refractivity contribution in [3.63, 3.8) is 0 Å². The van der Waals surface area contributed by atoms with Crippen LogP contribution in [0.25, 0.3) is 0 Å². The molecule has 2 rings (SSSR count). The molecule has 1 aromatic heterocycles. The van der Waals surface area contributed by atoms with Crippen LogP contribution in [-0.2, 0) is 4.74 Å². The molecule has 1 aromatic rings. The molecule has 4 heteroatoms. The SMILES string of the molecule is C=CCOCC1CCN(C(=O)c2cccs2)CC1. The Morgan fingerprint density at radius 2 is 2.33 bits per heavy atom. The van der Waals surface area contributed by atoms with Crippen LogP contribution < -0.4 is 0 Å². The fourth-order valence-electron chi connectivity index (χ4n) is 2.18. The molecule has 1 aliphatic heterocycles. The molecule has 0 aliphatic carbocycles. The summed E-state index contributed by atoms with van der Waals surface area (Å²) in [5.41, 5.74) is 0. The molecular weight excluding hydrogens is 246 g/mol. The first-order valence-corrected chi connectivity index (χ1v) is 7.20. The second kappa shape index (κ2) is 6.71. The number of amides is 1. The van der Waals surface area contributed by atoms with Crippen molar-refractivity contribution >= 4 is 17.2 Å². The number of rotatable bonds is 5. The van der Waals surface area contributed by atoms with E-state index in [1.807, 2.05) is 22.4 Å². The van der Waals surface area contributed by atoms with E-state index in [2.05, 4.69) is 6.58 Å². The van der Waals surface area contributed by atoms with E-state index >= 15 is 0 Å². The van der Waals surface area contributed by atoms with Gasteiger partial charge >= 0.3 is 0 Å². The standard InChI is InChI=1S/C14H19NO2S/c1-2-9-17-11-12-5-7-15(8-6-12)14(16)13-4-3-10-18-13/h2-4,10,12H,1,5-9,11H2. The van der Waals surface area contributed by atoms with Gasteiger partial charge in [0.2, 0.25) is 0 Å². The van der Waals surface area contributed by atoms with E-state index in [0.717, 1.165) is 37.4 Å². The van der Waals surface area contributed by atoms with Gasteiger partial charge in [-0.2, -0.15) is 0 Å². The number of ether oxygens (including phenoxy) is 1. The summed E-state index contributed by atoms with van der Waals surface area (Å²) in [5, 5.41) is 1.95. The topological polar surface area (TPSA) is 29.5 Å². The highest BCUT2D eigenvalue weighted by Gasteiger charge is 2.23. The average Bonchev–Trinajstić information content (AvgIpc) is 2.93. The van der Waals surface area contributed by atoms with E-state index in [4.69, 9.17) is 4.74 Å². The number of hydrogen-bond acceptors (Lipinski definition) is 3. The maximum Gasteiger partial charge on any atom is 0.263 e. The predicted octanol–water partition coefficient (Wildman–Crippen LogP) is 2.80. The van der Waals surface area contributed by atoms with Crippen LogP contribution >= 0.6 is 11.3 Å². The van der Waals surface area contributed by atoms with E-state index in [9.17, 15) is 4.79 Å². The zero-order valence-electron chi connectivity index (χ0n) is 10.5. The van der Waals surface area contributed by atoms with Crippen LogP contribution in [-0.4, -0.2) is 37.1 Å². The molecule has 2 heterocycles. The minimum absolute atomic E-state index is 0.176. The van der Waals surface area contributed by atoms with Crippen molar-refractivity contribution < 1.29 is 9.53 Å². The summed E-state index contributed by atoms with van der Waals surface area (Å²) in [7, 11) is 0. The molecule has 0 bridgehead atoms. The molecule has 0 aromatic carbocycles. The van der Waals surface area contributed by atoms with Crippen molar-refractivity contribution in [1.29, 1.82) is 0 Å². The maximum absolute atomic E-state index is 12.1. The molecule has 0 radical (unpaired) electrons. The zero-order valence-corrected chi connectivity index (χ0v) is 11.3. The smallest absolute Gasteiger partial charge is 0.263 e. The lowest BCUT2D eigenvalue weighted by atomic mass is 9.98. The number of carbonyl (C=O) groups is 1. The van der Waals surface area contributed by atoms with Crippen LogP contribution in [0, 0.1) is 5.92 Å². The van der Waals surface area contributed by atoms with Crippen molar-refractivity contribution in [2.24, 2.45) is 5.92 Å². The summed E-state index contributed by atoms with van der Waals surface area (Å²) in [4.78, 5) is 14.9. The second-order valence-corrected chi connectivity index (χ2v) is 5.49. The number of likely N-dealkylation sites (tertiary alicyclic amines) is 1. The van der Waals surface area contributed by atoms with Gasteiger partial charge in [0, 0.05) is 19.7 Å². The summed E-state index contributed by atoms with van der Waals surface area (Å²) in [6.45, 7) is 6.73. The van der Waals surface area contributed by atoms with E-state index in [1.54, 1.807) is 6.08 Å². The van der Waals surface area contributed by atoms with Crippen molar-refractivity contribution in [2.45, 2.75) is 12.8 Å². The summed E-state index contributed by atoms with van der Waals surface area (Å²) >= 11 is 1.52. The van der Waals surface area contributed by atoms with E-state index < -0.39 is 0 Å². The average molecular weight is 265 g/mol. The lowest BCUT2D eigenvalue weighted by Gasteiger charge is -2.31. The number of hydrogen-bond donors (Lipinski definition) is 0. The van der Waals surface area contributed by atoms with Crippen LogP contribution in [0.1, 0.15) is 22.5 Å². The third kappa shape index (κ3) is 3.43. The van der Waals surface area contributed by atoms with Crippen LogP contribution in [0.4, 0.5) is 0 Å². The van der Waals surface area contributed by atoms with Crippen molar-refractivity contribution in [3.8, 4) is 0 Å². The number of thiophene rings is 1. The van der Waals surface area contributed by atoms with Gasteiger partial charge in [-0.05, 0) is 30.2 Å². The lowest BCUT2D eigenvalue weighted by Crippen LogP contribution is -2.39. The summed E-state index contributed by atoms with van der Waals surface area (Å²) in [6.07, 6.45) is 3.85. The fourth-order valence-corrected chi connectivity index (χ4v) is 2.87. The van der Waals surface area contributed by atoms with Gasteiger partial charge in [-0.15, -0.1) is 17.9 Å². The summed E-state index contributed by atoms with van der Waals surface area (Å²) < 4.78 is 5.47. The van der Waals surface area contributed by atoms with Gasteiger partial charge in [-0.3, -0.25) is 4.79 Å². The number of piperidine rings is 1. The minimum atomic E-state index is 0.176. The Morgan fingerprint density at radius 3 is 2.94 bits per heavy atom. The van der Waals surface area contributed by atoms with E-state index in [0.29, 0.717) is 12.5 Å². The molecule has 18 heavy (non-hydrogen) atoms. The van der Waals surface area contributed by atoms with Gasteiger partial charge in [-0.25, -0.2) is 0 Å². The fraction of sp³-hybridized carbons (Fsp3) is 0.500. The Morgan fingerprint density at radius 1 is 1.56 bits per heavy atom. The van der Waals surface area contributed by atoms with Gasteiger partial charge in [0.05, 0.1) is 11.5 Å². The lowest BCUT2D eigenvalue weighted by molar-refractivity contribution is 0.0579. The molecule has 1 aliphatic rings. The van der Waals surface area contributed by atoms with Crippen molar-refractivity contribution in [2.75, 3.05) is 26.3 Å². The molecule has 0 spiro atoms. The summed E-state index contributed by atoms with van der Waals surface area (Å²) in [6, 6.07) is 3.82. The Balaban J connectivity index is 1.76. The molecule has 3 nitrogen and oxygen atoms in total. The van der Waals surface area contributed by atoms with Gasteiger partial charge in [0.25, 0.3) is 5.91 Å². The second-order valence-electron chi connectivity index (χ2n) is 4.54. The molecule has 0 atom stereocenters. The Labute approximate surface area is 112 Å². The largest absolute Gasteiger partial charge is 0.377 e. The molecule has 0 saturated carbocycles. The number of nitrogens with zero attached hydrogens (tertiary/aromatic N) is 1. The van der Waals surface area contributed by atoms with Gasteiger partial charge in [0.15, 0.2) is 0 Å². The highest BCUT2D eigenvalue weighted by Crippen LogP contribution is 2.20. The van der Waals surface area contributed by atoms with Gasteiger partial charge in [0.1, 0.15) is 0 Å². The molecule has 0 N–H and O–H groups in total. The third-order valence-corrected chi connectivity index (χ3v) is 4.08. The highest BCUT2D eigenvalue weighted by molar-refractivity contribution is 7.12. The van der Waals surface area contributed by atoms with Crippen molar-refractivity contribution in [3.05, 3.63) is 35.0 Å². The van der Waals surface area contributed by atoms with Gasteiger partial charge < -0.3 is 9.64 Å². The van der Waals surface area contributed by atoms with E-state index in [-0.39, 0.29) is 5.91 Å². The number of carbonyl (C=O) groups excluding carboxylic acids is 1. The maximum atomic E-state index is 12.1. The Kier molecular flexibility index (Phi) is 4.96. The minimum Gasteiger partial charge on any atom is -0.377 e. The van der Waals surface area contributed by atoms with Crippen LogP contribution in [0.5, 0.6) is 0 Å². The normalized spacial score (nSPS) is 16.8. The molecule has 1 fully saturated rings. The zero-order chi connectivity index (χ0) is 12.8. The van der Waals surface area contributed by atoms with Crippen molar-refractivity contribution in [1.82, 2.24) is 4.90 Å². The quantitative estimate of drug-likeness (QED) is 0.605. The van der Waals surface area contributed by atoms with E-state index in [1.165, 1.54) is 11.3 Å². The molecule has 1 amide bonds. The first-order valence-electron chi connectivity index (χ1n) is 6.32. The molecule has 0 unspecified atom stereocenters. The molecule has 98 valence electrons. The predicted molar refractivity (Wildman–Crippen MR) is 74.0 cm³/mol. The Hall–Kier alpha value is -1.13. The first-order chi connectivity index (χ1) is 8.81. The highest BCUT2D eigenvalue weighted by atomic mass is 32.1. The van der Waals surface area contributed by atoms with Gasteiger partial charge in [-0.1, -0.05) is 12.1 Å². The monoisotopic (exact) mass is 265 g/mol. The summed E-state index contributed by atoms with van der Waals surface area (Å²) in [5.74, 6) is 0.757. The van der Waals surface area contributed by atoms with Crippen LogP contribution in [0.15, 0.2) is 30.2 Å². The Bertz CT molecular complexity index is 381.